The van der Waals surface area contributed by atoms with Gasteiger partial charge < -0.3 is 9.55 Å². The minimum atomic E-state index is -0.487. The number of aryl methyl sites for hydroxylation is 1. The zero-order valence-electron chi connectivity index (χ0n) is 11.3. The monoisotopic (exact) mass is 284 g/mol. The van der Waals surface area contributed by atoms with Gasteiger partial charge in [-0.15, -0.1) is 6.42 Å². The molecule has 0 spiro atoms. The van der Waals surface area contributed by atoms with Crippen molar-refractivity contribution in [1.29, 1.82) is 0 Å². The Morgan fingerprint density at radius 1 is 1.38 bits per heavy atom. The summed E-state index contributed by atoms with van der Waals surface area (Å²) in [5, 5.41) is 0. The van der Waals surface area contributed by atoms with E-state index in [0.717, 1.165) is 10.3 Å². The van der Waals surface area contributed by atoms with Crippen molar-refractivity contribution in [2.24, 2.45) is 7.05 Å². The molecule has 21 heavy (non-hydrogen) atoms. The Balaban J connectivity index is 2.35. The minimum absolute atomic E-state index is 0.0816. The topological polar surface area (TPSA) is 90.5 Å². The van der Waals surface area contributed by atoms with Gasteiger partial charge in [-0.05, 0) is 0 Å². The van der Waals surface area contributed by atoms with E-state index >= 15 is 0 Å². The van der Waals surface area contributed by atoms with E-state index in [2.05, 4.69) is 20.9 Å². The summed E-state index contributed by atoms with van der Waals surface area (Å²) in [5.74, 6) is 2.33. The fourth-order valence-corrected chi connectivity index (χ4v) is 2.23. The number of rotatable bonds is 3. The largest absolute Gasteiger partial charge is 0.347 e. The second-order valence-corrected chi connectivity index (χ2v) is 4.57. The molecule has 0 saturated heterocycles. The van der Waals surface area contributed by atoms with Crippen molar-refractivity contribution in [3.8, 4) is 12.3 Å². The van der Waals surface area contributed by atoms with Crippen molar-refractivity contribution in [3.05, 3.63) is 45.4 Å². The molecule has 0 atom stereocenters. The van der Waals surface area contributed by atoms with E-state index in [1.54, 1.807) is 17.8 Å². The molecular weight excluding hydrogens is 272 g/mol. The molecular formula is C13H12N6O2. The van der Waals surface area contributed by atoms with Crippen LogP contribution in [0.1, 0.15) is 5.69 Å². The Hall–Kier alpha value is -3.08. The van der Waals surface area contributed by atoms with Crippen LogP contribution in [0.4, 0.5) is 0 Å². The summed E-state index contributed by atoms with van der Waals surface area (Å²) >= 11 is 0. The molecule has 0 aliphatic heterocycles. The van der Waals surface area contributed by atoms with Gasteiger partial charge in [-0.1, -0.05) is 5.92 Å². The lowest BCUT2D eigenvalue weighted by Crippen LogP contribution is -2.40. The van der Waals surface area contributed by atoms with Gasteiger partial charge in [-0.3, -0.25) is 9.36 Å². The van der Waals surface area contributed by atoms with Crippen LogP contribution in [0.5, 0.6) is 0 Å². The summed E-state index contributed by atoms with van der Waals surface area (Å²) in [6, 6.07) is 0. The van der Waals surface area contributed by atoms with Gasteiger partial charge in [0.15, 0.2) is 11.2 Å². The van der Waals surface area contributed by atoms with E-state index in [-0.39, 0.29) is 13.1 Å². The molecule has 0 unspecified atom stereocenters. The Morgan fingerprint density at radius 3 is 2.86 bits per heavy atom. The Morgan fingerprint density at radius 2 is 2.19 bits per heavy atom. The van der Waals surface area contributed by atoms with Crippen LogP contribution in [0.2, 0.25) is 0 Å². The average molecular weight is 284 g/mol. The zero-order chi connectivity index (χ0) is 15.0. The first-order chi connectivity index (χ1) is 10.1. The third-order valence-electron chi connectivity index (χ3n) is 3.22. The average Bonchev–Trinajstić information content (AvgIpc) is 3.09. The Kier molecular flexibility index (Phi) is 2.95. The van der Waals surface area contributed by atoms with Crippen LogP contribution in [0.3, 0.4) is 0 Å². The SMILES string of the molecule is C#CCn1c(=O)c2c(ncn2C)n(Cc2cnc[nH]2)c1=O. The molecule has 0 fully saturated rings. The quantitative estimate of drug-likeness (QED) is 0.644. The highest BCUT2D eigenvalue weighted by molar-refractivity contribution is 5.70. The summed E-state index contributed by atoms with van der Waals surface area (Å²) in [7, 11) is 1.70. The summed E-state index contributed by atoms with van der Waals surface area (Å²) in [6.45, 7) is 0.152. The van der Waals surface area contributed by atoms with Crippen molar-refractivity contribution < 1.29 is 0 Å². The molecule has 0 aliphatic carbocycles. The first-order valence-electron chi connectivity index (χ1n) is 6.19. The van der Waals surface area contributed by atoms with Gasteiger partial charge in [-0.2, -0.15) is 0 Å². The molecule has 3 rings (SSSR count). The van der Waals surface area contributed by atoms with Crippen LogP contribution in [-0.4, -0.2) is 28.7 Å². The number of aromatic nitrogens is 6. The standard InChI is InChI=1S/C13H12N6O2/c1-3-4-18-12(20)10-11(16-8-17(10)2)19(13(18)21)6-9-5-14-7-15-9/h1,5,7-8H,4,6H2,2H3,(H,14,15). The van der Waals surface area contributed by atoms with E-state index < -0.39 is 11.2 Å². The van der Waals surface area contributed by atoms with Crippen LogP contribution in [0, 0.1) is 12.3 Å². The number of imidazole rings is 2. The normalized spacial score (nSPS) is 10.9. The predicted molar refractivity (Wildman–Crippen MR) is 75.8 cm³/mol. The fourth-order valence-electron chi connectivity index (χ4n) is 2.23. The van der Waals surface area contributed by atoms with Crippen molar-refractivity contribution >= 4 is 11.2 Å². The van der Waals surface area contributed by atoms with Gasteiger partial charge in [0.1, 0.15) is 0 Å². The van der Waals surface area contributed by atoms with Crippen LogP contribution in [0.15, 0.2) is 28.4 Å². The highest BCUT2D eigenvalue weighted by Gasteiger charge is 2.16. The molecule has 1 N–H and O–H groups in total. The molecule has 0 aromatic carbocycles. The number of nitrogens with zero attached hydrogens (tertiary/aromatic N) is 5. The van der Waals surface area contributed by atoms with E-state index in [1.165, 1.54) is 17.2 Å². The molecule has 0 saturated carbocycles. The number of aromatic amines is 1. The number of H-pyrrole nitrogens is 1. The maximum absolute atomic E-state index is 12.5. The van der Waals surface area contributed by atoms with Crippen LogP contribution in [-0.2, 0) is 20.1 Å². The van der Waals surface area contributed by atoms with Crippen molar-refractivity contribution in [2.75, 3.05) is 0 Å². The summed E-state index contributed by atoms with van der Waals surface area (Å²) in [5.41, 5.74) is 0.474. The van der Waals surface area contributed by atoms with E-state index in [0.29, 0.717) is 11.2 Å². The maximum Gasteiger partial charge on any atom is 0.333 e. The number of hydrogen-bond donors (Lipinski definition) is 1. The number of hydrogen-bond acceptors (Lipinski definition) is 4. The predicted octanol–water partition coefficient (Wildman–Crippen LogP) is -0.699. The zero-order valence-corrected chi connectivity index (χ0v) is 11.3. The summed E-state index contributed by atoms with van der Waals surface area (Å²) < 4.78 is 4.01. The van der Waals surface area contributed by atoms with E-state index in [9.17, 15) is 9.59 Å². The molecule has 0 aliphatic rings. The van der Waals surface area contributed by atoms with Gasteiger partial charge >= 0.3 is 5.69 Å². The first kappa shape index (κ1) is 12.9. The molecule has 0 radical (unpaired) electrons. The molecule has 106 valence electrons. The van der Waals surface area contributed by atoms with Crippen LogP contribution < -0.4 is 11.2 Å². The molecule has 8 heteroatoms. The van der Waals surface area contributed by atoms with Gasteiger partial charge in [0.05, 0.1) is 31.4 Å². The highest BCUT2D eigenvalue weighted by atomic mass is 16.2. The summed E-state index contributed by atoms with van der Waals surface area (Å²) in [4.78, 5) is 35.8. The Bertz CT molecular complexity index is 952. The maximum atomic E-state index is 12.5. The number of nitrogens with one attached hydrogen (secondary N) is 1. The third-order valence-corrected chi connectivity index (χ3v) is 3.22. The van der Waals surface area contributed by atoms with Crippen molar-refractivity contribution in [2.45, 2.75) is 13.1 Å². The minimum Gasteiger partial charge on any atom is -0.347 e. The van der Waals surface area contributed by atoms with E-state index in [4.69, 9.17) is 6.42 Å². The number of terminal acetylenes is 1. The first-order valence-corrected chi connectivity index (χ1v) is 6.19. The molecule has 3 aromatic rings. The molecule has 0 amide bonds. The van der Waals surface area contributed by atoms with Crippen molar-refractivity contribution in [3.63, 3.8) is 0 Å². The number of fused-ring (bicyclic) bond motifs is 1. The van der Waals surface area contributed by atoms with Gasteiger partial charge in [0.25, 0.3) is 5.56 Å². The van der Waals surface area contributed by atoms with Crippen LogP contribution in [0.25, 0.3) is 11.2 Å². The lowest BCUT2D eigenvalue weighted by atomic mass is 10.4. The van der Waals surface area contributed by atoms with Gasteiger partial charge in [0.2, 0.25) is 0 Å². The second-order valence-electron chi connectivity index (χ2n) is 4.57. The molecule has 8 nitrogen and oxygen atoms in total. The third kappa shape index (κ3) is 1.95. The Labute approximate surface area is 118 Å². The molecule has 3 heterocycles. The van der Waals surface area contributed by atoms with E-state index in [1.807, 2.05) is 0 Å². The molecule has 3 aromatic heterocycles. The smallest absolute Gasteiger partial charge is 0.333 e. The van der Waals surface area contributed by atoms with Gasteiger partial charge in [0, 0.05) is 13.2 Å². The molecule has 0 bridgehead atoms. The van der Waals surface area contributed by atoms with Crippen LogP contribution >= 0.6 is 0 Å². The lowest BCUT2D eigenvalue weighted by Gasteiger charge is -2.09. The lowest BCUT2D eigenvalue weighted by molar-refractivity contribution is 0.639. The van der Waals surface area contributed by atoms with Gasteiger partial charge in [-0.25, -0.2) is 19.3 Å². The summed E-state index contributed by atoms with van der Waals surface area (Å²) in [6.07, 6.45) is 9.87. The fraction of sp³-hybridized carbons (Fsp3) is 0.231. The second kappa shape index (κ2) is 4.79. The highest BCUT2D eigenvalue weighted by Crippen LogP contribution is 2.06. The van der Waals surface area contributed by atoms with Crippen molar-refractivity contribution in [1.82, 2.24) is 28.7 Å².